The van der Waals surface area contributed by atoms with Crippen LogP contribution in [0.3, 0.4) is 0 Å². The van der Waals surface area contributed by atoms with Gasteiger partial charge in [0.2, 0.25) is 0 Å². The van der Waals surface area contributed by atoms with Crippen molar-refractivity contribution in [1.29, 1.82) is 0 Å². The third-order valence-electron chi connectivity index (χ3n) is 14.5. The van der Waals surface area contributed by atoms with Gasteiger partial charge < -0.3 is 10.6 Å². The number of fused-ring (bicyclic) bond motifs is 6. The van der Waals surface area contributed by atoms with E-state index in [1.54, 1.807) is 0 Å². The van der Waals surface area contributed by atoms with Crippen LogP contribution in [0.15, 0.2) is 0 Å². The number of hydrogen-bond acceptors (Lipinski definition) is 4. The number of rotatable bonds is 0. The number of ketones is 2. The molecule has 16 unspecified atom stereocenters. The summed E-state index contributed by atoms with van der Waals surface area (Å²) in [7, 11) is 0. The molecule has 0 bridgehead atoms. The second-order valence-electron chi connectivity index (χ2n) is 15.1. The molecule has 7 saturated carbocycles. The molecule has 2 saturated heterocycles. The first kappa shape index (κ1) is 22.1. The molecule has 9 aliphatic rings. The molecule has 0 spiro atoms. The van der Waals surface area contributed by atoms with Crippen LogP contribution in [0.2, 0.25) is 0 Å². The fraction of sp³-hybridized carbons (Fsp3) is 0.938. The SMILES string of the molecule is O=C1C2CCCCC2C2NCC3C4CCC5C(=O)C6CCCCC6C6NCC(C7CCC1C2C73)C4C56. The number of hydrogen-bond donors (Lipinski definition) is 2. The van der Waals surface area contributed by atoms with Gasteiger partial charge in [0, 0.05) is 35.8 Å². The van der Waals surface area contributed by atoms with Crippen molar-refractivity contribution in [1.82, 2.24) is 10.6 Å². The average Bonchev–Trinajstić information content (AvgIpc) is 2.94. The molecule has 0 aromatic carbocycles. The van der Waals surface area contributed by atoms with Crippen molar-refractivity contribution in [3.05, 3.63) is 0 Å². The lowest BCUT2D eigenvalue weighted by Crippen LogP contribution is -2.74. The first-order valence-electron chi connectivity index (χ1n) is 16.3. The third kappa shape index (κ3) is 2.70. The Balaban J connectivity index is 1.09. The highest BCUT2D eigenvalue weighted by atomic mass is 16.1. The smallest absolute Gasteiger partial charge is 0.139 e. The van der Waals surface area contributed by atoms with Crippen LogP contribution in [0.25, 0.3) is 0 Å². The summed E-state index contributed by atoms with van der Waals surface area (Å²) in [5, 5.41) is 8.39. The Morgan fingerprint density at radius 3 is 1.33 bits per heavy atom. The van der Waals surface area contributed by atoms with E-state index in [-0.39, 0.29) is 0 Å². The predicted molar refractivity (Wildman–Crippen MR) is 138 cm³/mol. The topological polar surface area (TPSA) is 58.2 Å². The maximum absolute atomic E-state index is 13.9. The molecule has 36 heavy (non-hydrogen) atoms. The van der Waals surface area contributed by atoms with Gasteiger partial charge in [0.1, 0.15) is 11.6 Å². The maximum Gasteiger partial charge on any atom is 0.139 e. The monoisotopic (exact) mass is 490 g/mol. The van der Waals surface area contributed by atoms with Gasteiger partial charge in [0.15, 0.2) is 0 Å². The Morgan fingerprint density at radius 1 is 0.417 bits per heavy atom. The molecule has 16 atom stereocenters. The van der Waals surface area contributed by atoms with Crippen LogP contribution >= 0.6 is 0 Å². The van der Waals surface area contributed by atoms with E-state index < -0.39 is 0 Å². The molecule has 0 amide bonds. The van der Waals surface area contributed by atoms with Gasteiger partial charge in [-0.05, 0) is 124 Å². The van der Waals surface area contributed by atoms with Crippen molar-refractivity contribution >= 4 is 11.6 Å². The lowest BCUT2D eigenvalue weighted by Gasteiger charge is -2.69. The van der Waals surface area contributed by atoms with E-state index in [0.29, 0.717) is 71.0 Å². The highest BCUT2D eigenvalue weighted by Crippen LogP contribution is 2.67. The zero-order valence-electron chi connectivity index (χ0n) is 22.0. The van der Waals surface area contributed by atoms with E-state index in [1.807, 2.05) is 0 Å². The fourth-order valence-corrected chi connectivity index (χ4v) is 13.7. The van der Waals surface area contributed by atoms with Gasteiger partial charge >= 0.3 is 0 Å². The van der Waals surface area contributed by atoms with Crippen molar-refractivity contribution in [2.45, 2.75) is 89.1 Å². The van der Waals surface area contributed by atoms with E-state index >= 15 is 0 Å². The van der Waals surface area contributed by atoms with Gasteiger partial charge in [-0.25, -0.2) is 0 Å². The zero-order valence-corrected chi connectivity index (χ0v) is 22.0. The van der Waals surface area contributed by atoms with Crippen LogP contribution in [-0.2, 0) is 9.59 Å². The zero-order chi connectivity index (χ0) is 23.7. The second-order valence-corrected chi connectivity index (χ2v) is 15.1. The van der Waals surface area contributed by atoms with E-state index in [4.69, 9.17) is 0 Å². The van der Waals surface area contributed by atoms with Gasteiger partial charge in [-0.2, -0.15) is 0 Å². The van der Waals surface area contributed by atoms with Gasteiger partial charge in [-0.15, -0.1) is 0 Å². The largest absolute Gasteiger partial charge is 0.313 e. The predicted octanol–water partition coefficient (Wildman–Crippen LogP) is 4.47. The Morgan fingerprint density at radius 2 is 0.861 bits per heavy atom. The summed E-state index contributed by atoms with van der Waals surface area (Å²) in [6.45, 7) is 2.41. The van der Waals surface area contributed by atoms with Gasteiger partial charge in [-0.1, -0.05) is 25.7 Å². The quantitative estimate of drug-likeness (QED) is 0.526. The Bertz CT molecular complexity index is 880. The molecule has 196 valence electrons. The summed E-state index contributed by atoms with van der Waals surface area (Å²) in [5.41, 5.74) is 0. The summed E-state index contributed by atoms with van der Waals surface area (Å²) in [6, 6.07) is 1.22. The number of Topliss-reactive ketones (excluding diaryl/α,β-unsaturated/α-hetero) is 2. The first-order chi connectivity index (χ1) is 17.7. The van der Waals surface area contributed by atoms with Crippen molar-refractivity contribution in [3.63, 3.8) is 0 Å². The van der Waals surface area contributed by atoms with E-state index in [9.17, 15) is 9.59 Å². The molecular weight excluding hydrogens is 444 g/mol. The van der Waals surface area contributed by atoms with Crippen LogP contribution in [-0.4, -0.2) is 36.7 Å². The van der Waals surface area contributed by atoms with Crippen LogP contribution in [0.5, 0.6) is 0 Å². The van der Waals surface area contributed by atoms with Crippen LogP contribution in [0.4, 0.5) is 0 Å². The summed E-state index contributed by atoms with van der Waals surface area (Å²) in [6.07, 6.45) is 15.0. The van der Waals surface area contributed by atoms with Crippen LogP contribution < -0.4 is 10.6 Å². The fourth-order valence-electron chi connectivity index (χ4n) is 13.7. The molecule has 0 aromatic rings. The number of nitrogens with one attached hydrogen (secondary N) is 2. The molecule has 2 heterocycles. The van der Waals surface area contributed by atoms with E-state index in [1.165, 1.54) is 77.3 Å². The summed E-state index contributed by atoms with van der Waals surface area (Å²) in [5.74, 6) is 9.91. The molecule has 9 rings (SSSR count). The first-order valence-corrected chi connectivity index (χ1v) is 16.3. The van der Waals surface area contributed by atoms with Gasteiger partial charge in [0.25, 0.3) is 0 Å². The third-order valence-corrected chi connectivity index (χ3v) is 14.5. The molecule has 4 heteroatoms. The minimum Gasteiger partial charge on any atom is -0.313 e. The maximum atomic E-state index is 13.9. The molecular formula is C32H46N2O2. The lowest BCUT2D eigenvalue weighted by molar-refractivity contribution is -0.198. The number of carbonyl (C=O) groups is 2. The molecule has 0 radical (unpaired) electrons. The summed E-state index contributed by atoms with van der Waals surface area (Å²) in [4.78, 5) is 27.7. The molecule has 4 nitrogen and oxygen atoms in total. The molecule has 2 aliphatic heterocycles. The Labute approximate surface area is 216 Å². The molecule has 9 fully saturated rings. The van der Waals surface area contributed by atoms with Gasteiger partial charge in [-0.3, -0.25) is 9.59 Å². The molecule has 7 aliphatic carbocycles. The summed E-state index contributed by atoms with van der Waals surface area (Å²) < 4.78 is 0. The number of piperidine rings is 2. The Kier molecular flexibility index (Phi) is 4.85. The average molecular weight is 491 g/mol. The minimum absolute atomic E-state index is 0.349. The number of carbonyl (C=O) groups excluding carboxylic acids is 2. The van der Waals surface area contributed by atoms with Gasteiger partial charge in [0.05, 0.1) is 0 Å². The Hall–Kier alpha value is -0.740. The summed E-state index contributed by atoms with van der Waals surface area (Å²) >= 11 is 0. The normalized spacial score (nSPS) is 60.8. The minimum atomic E-state index is 0.349. The second kappa shape index (κ2) is 7.90. The van der Waals surface area contributed by atoms with Crippen molar-refractivity contribution < 1.29 is 9.59 Å². The van der Waals surface area contributed by atoms with E-state index in [0.717, 1.165) is 48.3 Å². The standard InChI is InChI=1S/C32H46N2O2/c35-31-19-7-3-1-5-17(19)29-27-21(31)11-9-15-24-14-34-30-18-6-2-4-8-20(18)32(36)22-12-10-16(26(24)28(22)30)23(13-33-29)25(15)27/h15-30,33-34H,1-14H2. The van der Waals surface area contributed by atoms with Crippen LogP contribution in [0, 0.1) is 82.9 Å². The highest BCUT2D eigenvalue weighted by Gasteiger charge is 2.68. The van der Waals surface area contributed by atoms with Crippen molar-refractivity contribution in [3.8, 4) is 0 Å². The molecule has 0 aromatic heterocycles. The van der Waals surface area contributed by atoms with E-state index in [2.05, 4.69) is 10.6 Å². The molecule has 2 N–H and O–H groups in total. The highest BCUT2D eigenvalue weighted by molar-refractivity contribution is 5.86. The lowest BCUT2D eigenvalue weighted by atomic mass is 9.38. The van der Waals surface area contributed by atoms with Crippen LogP contribution in [0.1, 0.15) is 77.0 Å². The van der Waals surface area contributed by atoms with Crippen molar-refractivity contribution in [2.24, 2.45) is 82.9 Å². The van der Waals surface area contributed by atoms with Crippen molar-refractivity contribution in [2.75, 3.05) is 13.1 Å².